The zero-order chi connectivity index (χ0) is 23.9. The summed E-state index contributed by atoms with van der Waals surface area (Å²) in [6.45, 7) is 2.22. The van der Waals surface area contributed by atoms with Gasteiger partial charge in [0, 0.05) is 17.1 Å². The van der Waals surface area contributed by atoms with Crippen LogP contribution >= 0.6 is 11.3 Å². The summed E-state index contributed by atoms with van der Waals surface area (Å²) in [5.41, 5.74) is 2.84. The number of rotatable bonds is 8. The van der Waals surface area contributed by atoms with Crippen molar-refractivity contribution in [2.75, 3.05) is 4.90 Å². The van der Waals surface area contributed by atoms with Gasteiger partial charge in [-0.3, -0.25) is 14.5 Å². The number of benzene rings is 3. The Morgan fingerprint density at radius 2 is 1.71 bits per heavy atom. The van der Waals surface area contributed by atoms with E-state index in [0.717, 1.165) is 16.0 Å². The first-order valence-electron chi connectivity index (χ1n) is 11.0. The third kappa shape index (κ3) is 5.58. The molecule has 172 valence electrons. The summed E-state index contributed by atoms with van der Waals surface area (Å²) < 4.78 is 14.2. The largest absolute Gasteiger partial charge is 0.350 e. The maximum atomic E-state index is 14.2. The molecule has 4 nitrogen and oxygen atoms in total. The van der Waals surface area contributed by atoms with Crippen LogP contribution in [0, 0.1) is 12.7 Å². The minimum absolute atomic E-state index is 0.114. The van der Waals surface area contributed by atoms with Crippen molar-refractivity contribution in [3.63, 3.8) is 0 Å². The predicted octanol–water partition coefficient (Wildman–Crippen LogP) is 5.83. The van der Waals surface area contributed by atoms with Crippen molar-refractivity contribution in [1.82, 2.24) is 5.32 Å². The van der Waals surface area contributed by atoms with Gasteiger partial charge in [0.05, 0.1) is 6.42 Å². The first-order valence-corrected chi connectivity index (χ1v) is 11.9. The fraction of sp³-hybridized carbons (Fsp3) is 0.143. The lowest BCUT2D eigenvalue weighted by atomic mass is 9.97. The van der Waals surface area contributed by atoms with E-state index in [1.165, 1.54) is 28.4 Å². The molecule has 1 heterocycles. The quantitative estimate of drug-likeness (QED) is 0.351. The van der Waals surface area contributed by atoms with Crippen LogP contribution in [0.4, 0.5) is 10.1 Å². The fourth-order valence-corrected chi connectivity index (χ4v) is 4.58. The van der Waals surface area contributed by atoms with Crippen LogP contribution in [-0.4, -0.2) is 11.8 Å². The van der Waals surface area contributed by atoms with E-state index in [0.29, 0.717) is 17.8 Å². The van der Waals surface area contributed by atoms with Crippen molar-refractivity contribution in [1.29, 1.82) is 0 Å². The molecule has 0 spiro atoms. The van der Waals surface area contributed by atoms with Gasteiger partial charge in [0.25, 0.3) is 0 Å². The number of aryl methyl sites for hydroxylation is 1. The van der Waals surface area contributed by atoms with Gasteiger partial charge in [-0.1, -0.05) is 66.7 Å². The van der Waals surface area contributed by atoms with Crippen molar-refractivity contribution in [2.45, 2.75) is 25.9 Å². The number of carbonyl (C=O) groups excluding carboxylic acids is 2. The van der Waals surface area contributed by atoms with Crippen LogP contribution in [0.3, 0.4) is 0 Å². The van der Waals surface area contributed by atoms with E-state index in [-0.39, 0.29) is 18.2 Å². The Balaban J connectivity index is 1.76. The van der Waals surface area contributed by atoms with Gasteiger partial charge >= 0.3 is 0 Å². The molecule has 0 fully saturated rings. The van der Waals surface area contributed by atoms with Gasteiger partial charge in [0.15, 0.2) is 0 Å². The predicted molar refractivity (Wildman–Crippen MR) is 134 cm³/mol. The smallest absolute Gasteiger partial charge is 0.248 e. The van der Waals surface area contributed by atoms with E-state index in [1.54, 1.807) is 12.1 Å². The Morgan fingerprint density at radius 1 is 0.941 bits per heavy atom. The molecule has 0 unspecified atom stereocenters. The number of nitrogens with zero attached hydrogens (tertiary/aromatic N) is 1. The molecule has 0 aliphatic rings. The van der Waals surface area contributed by atoms with Crippen LogP contribution in [0.15, 0.2) is 96.4 Å². The molecule has 0 radical (unpaired) electrons. The lowest BCUT2D eigenvalue weighted by Gasteiger charge is -2.32. The number of halogens is 1. The lowest BCUT2D eigenvalue weighted by Crippen LogP contribution is -2.44. The van der Waals surface area contributed by atoms with E-state index in [2.05, 4.69) is 5.32 Å². The molecule has 0 saturated heterocycles. The maximum absolute atomic E-state index is 14.2. The summed E-state index contributed by atoms with van der Waals surface area (Å²) in [4.78, 5) is 29.6. The molecule has 0 bridgehead atoms. The Bertz CT molecular complexity index is 1260. The van der Waals surface area contributed by atoms with Crippen molar-refractivity contribution < 1.29 is 14.0 Å². The summed E-state index contributed by atoms with van der Waals surface area (Å²) in [6, 6.07) is 25.7. The molecule has 4 rings (SSSR count). The Morgan fingerprint density at radius 3 is 2.41 bits per heavy atom. The standard InChI is InChI=1S/C28H25FN2O2S/c1-20-9-5-6-15-25(20)27(28(33)30-19-21-10-3-2-4-11-21)31(23-13-7-12-22(29)17-23)26(32)18-24-14-8-16-34-24/h2-17,27H,18-19H2,1H3,(H,30,33)/t27-/m1/s1. The Kier molecular flexibility index (Phi) is 7.50. The number of hydrogen-bond acceptors (Lipinski definition) is 3. The van der Waals surface area contributed by atoms with Gasteiger partial charge in [-0.15, -0.1) is 11.3 Å². The highest BCUT2D eigenvalue weighted by Crippen LogP contribution is 2.31. The first kappa shape index (κ1) is 23.4. The van der Waals surface area contributed by atoms with Gasteiger partial charge in [-0.25, -0.2) is 4.39 Å². The van der Waals surface area contributed by atoms with Gasteiger partial charge in [0.1, 0.15) is 11.9 Å². The molecule has 1 N–H and O–H groups in total. The third-order valence-corrected chi connectivity index (χ3v) is 6.44. The lowest BCUT2D eigenvalue weighted by molar-refractivity contribution is -0.126. The van der Waals surface area contributed by atoms with Crippen molar-refractivity contribution >= 4 is 28.8 Å². The Labute approximate surface area is 202 Å². The monoisotopic (exact) mass is 472 g/mol. The van der Waals surface area contributed by atoms with Crippen LogP contribution in [0.2, 0.25) is 0 Å². The van der Waals surface area contributed by atoms with E-state index in [9.17, 15) is 14.0 Å². The minimum Gasteiger partial charge on any atom is -0.350 e. The van der Waals surface area contributed by atoms with Crippen LogP contribution in [0.5, 0.6) is 0 Å². The normalized spacial score (nSPS) is 11.6. The molecule has 1 aromatic heterocycles. The van der Waals surface area contributed by atoms with Gasteiger partial charge in [-0.2, -0.15) is 0 Å². The van der Waals surface area contributed by atoms with E-state index < -0.39 is 11.9 Å². The molecule has 0 aliphatic heterocycles. The molecular weight excluding hydrogens is 447 g/mol. The number of amides is 2. The number of nitrogens with one attached hydrogen (secondary N) is 1. The zero-order valence-corrected chi connectivity index (χ0v) is 19.6. The Hall–Kier alpha value is -3.77. The summed E-state index contributed by atoms with van der Waals surface area (Å²) in [7, 11) is 0. The third-order valence-electron chi connectivity index (χ3n) is 5.56. The van der Waals surface area contributed by atoms with Gasteiger partial charge in [0.2, 0.25) is 11.8 Å². The molecule has 0 aliphatic carbocycles. The maximum Gasteiger partial charge on any atom is 0.248 e. The van der Waals surface area contributed by atoms with E-state index in [4.69, 9.17) is 0 Å². The van der Waals surface area contributed by atoms with Gasteiger partial charge in [-0.05, 0) is 53.3 Å². The number of thiophene rings is 1. The van der Waals surface area contributed by atoms with Gasteiger partial charge < -0.3 is 5.32 Å². The van der Waals surface area contributed by atoms with Crippen LogP contribution < -0.4 is 10.2 Å². The second kappa shape index (κ2) is 10.9. The van der Waals surface area contributed by atoms with Crippen molar-refractivity contribution in [3.05, 3.63) is 124 Å². The second-order valence-electron chi connectivity index (χ2n) is 7.96. The molecule has 4 aromatic rings. The highest BCUT2D eigenvalue weighted by molar-refractivity contribution is 7.10. The summed E-state index contributed by atoms with van der Waals surface area (Å²) in [5, 5.41) is 4.88. The number of carbonyl (C=O) groups is 2. The number of anilines is 1. The molecule has 3 aromatic carbocycles. The summed E-state index contributed by atoms with van der Waals surface area (Å²) >= 11 is 1.47. The second-order valence-corrected chi connectivity index (χ2v) is 8.99. The van der Waals surface area contributed by atoms with Crippen LogP contribution in [0.1, 0.15) is 27.6 Å². The van der Waals surface area contributed by atoms with Crippen LogP contribution in [0.25, 0.3) is 0 Å². The first-order chi connectivity index (χ1) is 16.5. The zero-order valence-electron chi connectivity index (χ0n) is 18.8. The highest BCUT2D eigenvalue weighted by atomic mass is 32.1. The summed E-state index contributed by atoms with van der Waals surface area (Å²) in [5.74, 6) is -1.09. The molecule has 1 atom stereocenters. The fourth-order valence-electron chi connectivity index (χ4n) is 3.88. The highest BCUT2D eigenvalue weighted by Gasteiger charge is 2.33. The van der Waals surface area contributed by atoms with Crippen LogP contribution in [-0.2, 0) is 22.6 Å². The van der Waals surface area contributed by atoms with Crippen molar-refractivity contribution in [2.24, 2.45) is 0 Å². The molecule has 6 heteroatoms. The van der Waals surface area contributed by atoms with E-state index in [1.807, 2.05) is 79.0 Å². The summed E-state index contributed by atoms with van der Waals surface area (Å²) in [6.07, 6.45) is 0.114. The van der Waals surface area contributed by atoms with Crippen molar-refractivity contribution in [3.8, 4) is 0 Å². The SMILES string of the molecule is Cc1ccccc1[C@H](C(=O)NCc1ccccc1)N(C(=O)Cc1cccs1)c1cccc(F)c1. The molecule has 34 heavy (non-hydrogen) atoms. The molecule has 2 amide bonds. The molecule has 0 saturated carbocycles. The molecular formula is C28H25FN2O2S. The average molecular weight is 473 g/mol. The average Bonchev–Trinajstić information content (AvgIpc) is 3.35. The van der Waals surface area contributed by atoms with E-state index >= 15 is 0 Å². The minimum atomic E-state index is -0.959. The number of hydrogen-bond donors (Lipinski definition) is 1. The topological polar surface area (TPSA) is 49.4 Å².